The molecule has 2 aromatic carbocycles. The molecule has 3 aromatic rings. The van der Waals surface area contributed by atoms with E-state index < -0.39 is 17.6 Å². The summed E-state index contributed by atoms with van der Waals surface area (Å²) in [5.74, 6) is 0.0988. The van der Waals surface area contributed by atoms with Gasteiger partial charge in [0.25, 0.3) is 0 Å². The standard InChI is InChI=1S/C28H34N4O3/c1-28(2,3)32-27(34)25(31-26(33)24(29)17-21-13-15-30-16-14-21)18-20-9-11-23(12-10-20)35-19-22-7-5-4-6-8-22/h4-16,24-25H,17-19,29H2,1-3H3,(H,31,33)(H,32,34)/t24-,25+/m0/s1. The van der Waals surface area contributed by atoms with Crippen molar-refractivity contribution in [1.29, 1.82) is 0 Å². The van der Waals surface area contributed by atoms with Gasteiger partial charge in [-0.1, -0.05) is 42.5 Å². The summed E-state index contributed by atoms with van der Waals surface area (Å²) in [7, 11) is 0. The van der Waals surface area contributed by atoms with Crippen molar-refractivity contribution in [3.05, 3.63) is 95.8 Å². The van der Waals surface area contributed by atoms with Gasteiger partial charge in [0.15, 0.2) is 0 Å². The van der Waals surface area contributed by atoms with Gasteiger partial charge in [-0.3, -0.25) is 14.6 Å². The van der Waals surface area contributed by atoms with Gasteiger partial charge in [-0.05, 0) is 68.1 Å². The fourth-order valence-electron chi connectivity index (χ4n) is 3.51. The molecule has 0 saturated carbocycles. The number of nitrogens with one attached hydrogen (secondary N) is 2. The highest BCUT2D eigenvalue weighted by atomic mass is 16.5. The number of pyridine rings is 1. The summed E-state index contributed by atoms with van der Waals surface area (Å²) in [5, 5.41) is 5.80. The van der Waals surface area contributed by atoms with Crippen molar-refractivity contribution in [2.75, 3.05) is 0 Å². The molecular formula is C28H34N4O3. The number of nitrogens with two attached hydrogens (primary N) is 1. The lowest BCUT2D eigenvalue weighted by Gasteiger charge is -2.26. The number of hydrogen-bond acceptors (Lipinski definition) is 5. The van der Waals surface area contributed by atoms with Crippen molar-refractivity contribution in [2.24, 2.45) is 5.73 Å². The summed E-state index contributed by atoms with van der Waals surface area (Å²) in [6, 6.07) is 19.6. The van der Waals surface area contributed by atoms with E-state index in [1.165, 1.54) is 0 Å². The number of carbonyl (C=O) groups is 2. The first-order valence-electron chi connectivity index (χ1n) is 11.7. The van der Waals surface area contributed by atoms with Gasteiger partial charge in [0.2, 0.25) is 11.8 Å². The second-order valence-corrected chi connectivity index (χ2v) is 9.59. The largest absolute Gasteiger partial charge is 0.489 e. The lowest BCUT2D eigenvalue weighted by molar-refractivity contribution is -0.130. The zero-order valence-corrected chi connectivity index (χ0v) is 20.5. The van der Waals surface area contributed by atoms with Crippen molar-refractivity contribution < 1.29 is 14.3 Å². The van der Waals surface area contributed by atoms with Gasteiger partial charge < -0.3 is 21.1 Å². The van der Waals surface area contributed by atoms with Gasteiger partial charge in [-0.15, -0.1) is 0 Å². The average molecular weight is 475 g/mol. The minimum absolute atomic E-state index is 0.258. The summed E-state index contributed by atoms with van der Waals surface area (Å²) in [4.78, 5) is 29.8. The van der Waals surface area contributed by atoms with Gasteiger partial charge in [0, 0.05) is 24.4 Å². The Bertz CT molecular complexity index is 1080. The molecule has 0 spiro atoms. The van der Waals surface area contributed by atoms with Gasteiger partial charge in [0.1, 0.15) is 18.4 Å². The normalized spacial score (nSPS) is 12.9. The molecule has 2 atom stereocenters. The van der Waals surface area contributed by atoms with Crippen LogP contribution in [-0.4, -0.2) is 34.4 Å². The SMILES string of the molecule is CC(C)(C)NC(=O)[C@@H](Cc1ccc(OCc2ccccc2)cc1)NC(=O)[C@@H](N)Cc1ccncc1. The van der Waals surface area contributed by atoms with E-state index in [2.05, 4.69) is 15.6 Å². The van der Waals surface area contributed by atoms with Crippen LogP contribution in [0.2, 0.25) is 0 Å². The number of hydrogen-bond donors (Lipinski definition) is 3. The molecule has 0 fully saturated rings. The van der Waals surface area contributed by atoms with Crippen LogP contribution in [0.4, 0.5) is 0 Å². The highest BCUT2D eigenvalue weighted by Crippen LogP contribution is 2.16. The fraction of sp³-hybridized carbons (Fsp3) is 0.321. The molecule has 4 N–H and O–H groups in total. The van der Waals surface area contributed by atoms with Gasteiger partial charge in [-0.25, -0.2) is 0 Å². The van der Waals surface area contributed by atoms with Crippen LogP contribution in [0, 0.1) is 0 Å². The van der Waals surface area contributed by atoms with Crippen LogP contribution in [-0.2, 0) is 29.0 Å². The lowest BCUT2D eigenvalue weighted by Crippen LogP contribution is -2.56. The van der Waals surface area contributed by atoms with E-state index in [1.54, 1.807) is 12.4 Å². The van der Waals surface area contributed by atoms with E-state index in [1.807, 2.05) is 87.5 Å². The first kappa shape index (κ1) is 25.9. The van der Waals surface area contributed by atoms with Crippen molar-refractivity contribution in [1.82, 2.24) is 15.6 Å². The number of ether oxygens (including phenoxy) is 1. The van der Waals surface area contributed by atoms with Crippen LogP contribution in [0.5, 0.6) is 5.75 Å². The van der Waals surface area contributed by atoms with E-state index >= 15 is 0 Å². The number of rotatable bonds is 10. The Balaban J connectivity index is 1.64. The molecule has 0 aliphatic heterocycles. The molecule has 0 bridgehead atoms. The molecule has 0 radical (unpaired) electrons. The maximum atomic E-state index is 13.0. The van der Waals surface area contributed by atoms with E-state index in [4.69, 9.17) is 10.5 Å². The van der Waals surface area contributed by atoms with Gasteiger partial charge in [-0.2, -0.15) is 0 Å². The Morgan fingerprint density at radius 1 is 0.857 bits per heavy atom. The molecule has 184 valence electrons. The van der Waals surface area contributed by atoms with Crippen LogP contribution in [0.3, 0.4) is 0 Å². The molecule has 0 aliphatic carbocycles. The van der Waals surface area contributed by atoms with Crippen molar-refractivity contribution in [3.8, 4) is 5.75 Å². The third-order valence-electron chi connectivity index (χ3n) is 5.28. The van der Waals surface area contributed by atoms with Crippen LogP contribution in [0.25, 0.3) is 0 Å². The Labute approximate surface area is 207 Å². The quantitative estimate of drug-likeness (QED) is 0.419. The Morgan fingerprint density at radius 2 is 1.49 bits per heavy atom. The average Bonchev–Trinajstić information content (AvgIpc) is 2.83. The predicted octanol–water partition coefficient (Wildman–Crippen LogP) is 3.17. The summed E-state index contributed by atoms with van der Waals surface area (Å²) >= 11 is 0. The zero-order valence-electron chi connectivity index (χ0n) is 20.5. The molecule has 1 aromatic heterocycles. The highest BCUT2D eigenvalue weighted by molar-refractivity contribution is 5.90. The first-order chi connectivity index (χ1) is 16.7. The van der Waals surface area contributed by atoms with Gasteiger partial charge >= 0.3 is 0 Å². The predicted molar refractivity (Wildman–Crippen MR) is 137 cm³/mol. The second-order valence-electron chi connectivity index (χ2n) is 9.59. The number of aromatic nitrogens is 1. The lowest BCUT2D eigenvalue weighted by atomic mass is 10.0. The third-order valence-corrected chi connectivity index (χ3v) is 5.28. The molecule has 7 nitrogen and oxygen atoms in total. The summed E-state index contributed by atoms with van der Waals surface area (Å²) in [6.45, 7) is 6.18. The van der Waals surface area contributed by atoms with Crippen LogP contribution < -0.4 is 21.1 Å². The van der Waals surface area contributed by atoms with E-state index in [0.717, 1.165) is 22.4 Å². The number of nitrogens with zero attached hydrogens (tertiary/aromatic N) is 1. The molecule has 3 rings (SSSR count). The monoisotopic (exact) mass is 474 g/mol. The third kappa shape index (κ3) is 8.87. The molecule has 0 saturated heterocycles. The van der Waals surface area contributed by atoms with E-state index in [-0.39, 0.29) is 11.8 Å². The molecule has 1 heterocycles. The molecule has 7 heteroatoms. The van der Waals surface area contributed by atoms with Crippen molar-refractivity contribution in [3.63, 3.8) is 0 Å². The van der Waals surface area contributed by atoms with Crippen molar-refractivity contribution in [2.45, 2.75) is 57.8 Å². The minimum atomic E-state index is -0.781. The molecule has 35 heavy (non-hydrogen) atoms. The number of carbonyl (C=O) groups excluding carboxylic acids is 2. The zero-order chi connectivity index (χ0) is 25.3. The summed E-state index contributed by atoms with van der Waals surface area (Å²) in [6.07, 6.45) is 4.00. The van der Waals surface area contributed by atoms with Crippen LogP contribution >= 0.6 is 0 Å². The topological polar surface area (TPSA) is 106 Å². The smallest absolute Gasteiger partial charge is 0.243 e. The second kappa shape index (κ2) is 12.1. The fourth-order valence-corrected chi connectivity index (χ4v) is 3.51. The Kier molecular flexibility index (Phi) is 8.98. The van der Waals surface area contributed by atoms with Crippen LogP contribution in [0.15, 0.2) is 79.1 Å². The highest BCUT2D eigenvalue weighted by Gasteiger charge is 2.27. The number of amides is 2. The van der Waals surface area contributed by atoms with Crippen LogP contribution in [0.1, 0.15) is 37.5 Å². The van der Waals surface area contributed by atoms with E-state index in [9.17, 15) is 9.59 Å². The maximum Gasteiger partial charge on any atom is 0.243 e. The van der Waals surface area contributed by atoms with Crippen molar-refractivity contribution >= 4 is 11.8 Å². The first-order valence-corrected chi connectivity index (χ1v) is 11.7. The van der Waals surface area contributed by atoms with Gasteiger partial charge in [0.05, 0.1) is 6.04 Å². The van der Waals surface area contributed by atoms with E-state index in [0.29, 0.717) is 19.4 Å². The molecular weight excluding hydrogens is 440 g/mol. The molecule has 0 unspecified atom stereocenters. The molecule has 2 amide bonds. The summed E-state index contributed by atoms with van der Waals surface area (Å²) < 4.78 is 5.85. The summed E-state index contributed by atoms with van der Waals surface area (Å²) in [5.41, 5.74) is 8.59. The maximum absolute atomic E-state index is 13.0. The number of benzene rings is 2. The molecule has 0 aliphatic rings. The Morgan fingerprint density at radius 3 is 2.11 bits per heavy atom. The minimum Gasteiger partial charge on any atom is -0.489 e. The Hall–Kier alpha value is -3.71.